The molecule has 0 saturated heterocycles. The third kappa shape index (κ3) is 4.13. The highest BCUT2D eigenvalue weighted by atomic mass is 32.2. The molecule has 0 unspecified atom stereocenters. The van der Waals surface area contributed by atoms with Gasteiger partial charge < -0.3 is 10.6 Å². The zero-order chi connectivity index (χ0) is 21.1. The van der Waals surface area contributed by atoms with Gasteiger partial charge in [0.1, 0.15) is 4.83 Å². The van der Waals surface area contributed by atoms with E-state index in [0.717, 1.165) is 48.3 Å². The molecule has 0 radical (unpaired) electrons. The van der Waals surface area contributed by atoms with Gasteiger partial charge in [-0.15, -0.1) is 23.1 Å². The van der Waals surface area contributed by atoms with E-state index in [1.54, 1.807) is 11.3 Å². The van der Waals surface area contributed by atoms with Crippen molar-refractivity contribution in [2.75, 3.05) is 30.5 Å². The minimum atomic E-state index is 0.679. The molecule has 0 spiro atoms. The maximum absolute atomic E-state index is 6.62. The van der Waals surface area contributed by atoms with Crippen molar-refractivity contribution in [2.24, 2.45) is 0 Å². The first kappa shape index (κ1) is 20.6. The average Bonchev–Trinajstić information content (AvgIpc) is 3.09. The van der Waals surface area contributed by atoms with E-state index in [2.05, 4.69) is 47.2 Å². The van der Waals surface area contributed by atoms with E-state index in [-0.39, 0.29) is 0 Å². The minimum absolute atomic E-state index is 0.679. The summed E-state index contributed by atoms with van der Waals surface area (Å²) >= 11 is 3.51. The molecule has 3 aromatic heterocycles. The molecule has 4 aromatic rings. The Morgan fingerprint density at radius 1 is 1.07 bits per heavy atom. The highest BCUT2D eigenvalue weighted by Crippen LogP contribution is 2.45. The number of nitrogens with zero attached hydrogens (tertiary/aromatic N) is 4. The van der Waals surface area contributed by atoms with E-state index in [4.69, 9.17) is 10.7 Å². The van der Waals surface area contributed by atoms with Crippen molar-refractivity contribution in [1.29, 1.82) is 0 Å². The van der Waals surface area contributed by atoms with Crippen molar-refractivity contribution >= 4 is 45.0 Å². The van der Waals surface area contributed by atoms with Gasteiger partial charge in [0.05, 0.1) is 15.6 Å². The largest absolute Gasteiger partial charge is 0.397 e. The van der Waals surface area contributed by atoms with Crippen molar-refractivity contribution in [3.05, 3.63) is 48.8 Å². The topological polar surface area (TPSA) is 67.9 Å². The lowest BCUT2D eigenvalue weighted by Gasteiger charge is -2.11. The van der Waals surface area contributed by atoms with Crippen LogP contribution in [0.4, 0.5) is 11.6 Å². The van der Waals surface area contributed by atoms with Crippen molar-refractivity contribution in [1.82, 2.24) is 15.0 Å². The molecule has 30 heavy (non-hydrogen) atoms. The number of thiophene rings is 1. The highest BCUT2D eigenvalue weighted by molar-refractivity contribution is 8.01. The summed E-state index contributed by atoms with van der Waals surface area (Å²) in [5.74, 6) is 1.75. The molecule has 0 bridgehead atoms. The van der Waals surface area contributed by atoms with Gasteiger partial charge in [-0.3, -0.25) is 0 Å². The van der Waals surface area contributed by atoms with Gasteiger partial charge in [-0.2, -0.15) is 0 Å². The molecule has 154 valence electrons. The van der Waals surface area contributed by atoms with Gasteiger partial charge in [0, 0.05) is 37.4 Å². The summed E-state index contributed by atoms with van der Waals surface area (Å²) in [5, 5.41) is 1.04. The monoisotopic (exact) mass is 435 g/mol. The Hall–Kier alpha value is -2.64. The van der Waals surface area contributed by atoms with Crippen molar-refractivity contribution in [3.63, 3.8) is 0 Å². The van der Waals surface area contributed by atoms with Crippen LogP contribution in [0, 0.1) is 0 Å². The first-order valence-electron chi connectivity index (χ1n) is 9.99. The van der Waals surface area contributed by atoms with E-state index in [1.807, 2.05) is 49.2 Å². The zero-order valence-electron chi connectivity index (χ0n) is 17.4. The maximum Gasteiger partial charge on any atom is 0.224 e. The predicted molar refractivity (Wildman–Crippen MR) is 130 cm³/mol. The fourth-order valence-corrected chi connectivity index (χ4v) is 5.65. The summed E-state index contributed by atoms with van der Waals surface area (Å²) in [6.07, 6.45) is 6.02. The number of thioether (sulfide) groups is 1. The Balaban J connectivity index is 1.86. The van der Waals surface area contributed by atoms with Crippen molar-refractivity contribution < 1.29 is 0 Å². The Labute approximate surface area is 185 Å². The molecule has 0 saturated carbocycles. The average molecular weight is 436 g/mol. The van der Waals surface area contributed by atoms with E-state index in [0.29, 0.717) is 5.95 Å². The second-order valence-electron chi connectivity index (χ2n) is 7.27. The lowest BCUT2D eigenvalue weighted by atomic mass is 10.0. The minimum Gasteiger partial charge on any atom is -0.397 e. The summed E-state index contributed by atoms with van der Waals surface area (Å²) in [6.45, 7) is 2.21. The third-order valence-corrected chi connectivity index (χ3v) is 7.29. The van der Waals surface area contributed by atoms with Gasteiger partial charge in [0.25, 0.3) is 0 Å². The van der Waals surface area contributed by atoms with Crippen LogP contribution in [0.5, 0.6) is 0 Å². The maximum atomic E-state index is 6.62. The molecule has 0 fully saturated rings. The van der Waals surface area contributed by atoms with Crippen molar-refractivity contribution in [3.8, 4) is 22.4 Å². The normalized spacial score (nSPS) is 11.2. The zero-order valence-corrected chi connectivity index (χ0v) is 19.1. The number of rotatable bonds is 7. The van der Waals surface area contributed by atoms with Crippen LogP contribution in [0.25, 0.3) is 32.6 Å². The molecule has 0 atom stereocenters. The fourth-order valence-electron chi connectivity index (χ4n) is 3.19. The Bertz CT molecular complexity index is 1140. The van der Waals surface area contributed by atoms with Gasteiger partial charge in [-0.05, 0) is 29.4 Å². The Morgan fingerprint density at radius 2 is 1.80 bits per heavy atom. The SMILES string of the molecule is CCCCSc1sc2nc(-c3cnc(N(C)C)nc3)cc(-c3ccccc3)c2c1N. The molecule has 5 nitrogen and oxygen atoms in total. The van der Waals surface area contributed by atoms with E-state index < -0.39 is 0 Å². The number of hydrogen-bond donors (Lipinski definition) is 1. The van der Waals surface area contributed by atoms with Crippen LogP contribution < -0.4 is 10.6 Å². The second-order valence-corrected chi connectivity index (χ2v) is 9.64. The third-order valence-electron chi connectivity index (χ3n) is 4.81. The number of unbranched alkanes of at least 4 members (excludes halogenated alkanes) is 1. The smallest absolute Gasteiger partial charge is 0.224 e. The van der Waals surface area contributed by atoms with Crippen LogP contribution in [0.15, 0.2) is 53.0 Å². The van der Waals surface area contributed by atoms with Gasteiger partial charge in [-0.25, -0.2) is 15.0 Å². The number of hydrogen-bond acceptors (Lipinski definition) is 7. The molecular formula is C23H25N5S2. The predicted octanol–water partition coefficient (Wildman–Crippen LogP) is 5.96. The lowest BCUT2D eigenvalue weighted by molar-refractivity contribution is 0.897. The van der Waals surface area contributed by atoms with Crippen LogP contribution in [0.2, 0.25) is 0 Å². The summed E-state index contributed by atoms with van der Waals surface area (Å²) in [7, 11) is 3.86. The molecule has 4 rings (SSSR count). The van der Waals surface area contributed by atoms with Crippen LogP contribution in [-0.4, -0.2) is 34.8 Å². The molecule has 1 aromatic carbocycles. The molecule has 0 aliphatic carbocycles. The molecule has 0 amide bonds. The number of benzene rings is 1. The molecule has 2 N–H and O–H groups in total. The number of fused-ring (bicyclic) bond motifs is 1. The van der Waals surface area contributed by atoms with E-state index >= 15 is 0 Å². The first-order valence-corrected chi connectivity index (χ1v) is 11.8. The quantitative estimate of drug-likeness (QED) is 0.285. The summed E-state index contributed by atoms with van der Waals surface area (Å²) in [6, 6.07) is 12.5. The van der Waals surface area contributed by atoms with Gasteiger partial charge in [0.15, 0.2) is 0 Å². The summed E-state index contributed by atoms with van der Waals surface area (Å²) in [5.41, 5.74) is 11.4. The molecule has 0 aliphatic heterocycles. The number of pyridine rings is 1. The van der Waals surface area contributed by atoms with Crippen molar-refractivity contribution in [2.45, 2.75) is 24.0 Å². The summed E-state index contributed by atoms with van der Waals surface area (Å²) in [4.78, 5) is 16.7. The van der Waals surface area contributed by atoms with Gasteiger partial charge in [-0.1, -0.05) is 43.7 Å². The van der Waals surface area contributed by atoms with E-state index in [9.17, 15) is 0 Å². The van der Waals surface area contributed by atoms with E-state index in [1.165, 1.54) is 12.8 Å². The van der Waals surface area contributed by atoms with Crippen LogP contribution in [-0.2, 0) is 0 Å². The molecule has 0 aliphatic rings. The molecule has 3 heterocycles. The number of nitrogen functional groups attached to an aromatic ring is 1. The highest BCUT2D eigenvalue weighted by Gasteiger charge is 2.18. The Morgan fingerprint density at radius 3 is 2.47 bits per heavy atom. The standard InChI is InChI=1S/C23H25N5S2/c1-4-5-11-29-22-20(24)19-17(15-9-7-6-8-10-15)12-18(27-21(19)30-22)16-13-25-23(26-14-16)28(2)3/h6-10,12-14H,4-5,11,24H2,1-3H3. The summed E-state index contributed by atoms with van der Waals surface area (Å²) < 4.78 is 1.15. The number of aromatic nitrogens is 3. The van der Waals surface area contributed by atoms with Gasteiger partial charge in [0.2, 0.25) is 5.95 Å². The number of nitrogens with two attached hydrogens (primary N) is 1. The fraction of sp³-hybridized carbons (Fsp3) is 0.261. The van der Waals surface area contributed by atoms with Crippen LogP contribution >= 0.6 is 23.1 Å². The second kappa shape index (κ2) is 9.02. The lowest BCUT2D eigenvalue weighted by Crippen LogP contribution is -2.12. The van der Waals surface area contributed by atoms with Crippen LogP contribution in [0.3, 0.4) is 0 Å². The Kier molecular flexibility index (Phi) is 6.20. The van der Waals surface area contributed by atoms with Gasteiger partial charge >= 0.3 is 0 Å². The molecule has 7 heteroatoms. The first-order chi connectivity index (χ1) is 14.6. The number of anilines is 2. The van der Waals surface area contributed by atoms with Crippen LogP contribution in [0.1, 0.15) is 19.8 Å². The molecular weight excluding hydrogens is 410 g/mol.